The van der Waals surface area contributed by atoms with E-state index in [-0.39, 0.29) is 5.91 Å². The lowest BCUT2D eigenvalue weighted by Gasteiger charge is -2.09. The Balaban J connectivity index is 2.74. The maximum absolute atomic E-state index is 11.5. The summed E-state index contributed by atoms with van der Waals surface area (Å²) >= 11 is 0. The second-order valence-electron chi connectivity index (χ2n) is 3.31. The molecule has 1 amide bonds. The average molecular weight is 196 g/mol. The number of carbonyl (C=O) groups is 1. The fourth-order valence-electron chi connectivity index (χ4n) is 1.14. The smallest absolute Gasteiger partial charge is 0.241 e. The van der Waals surface area contributed by atoms with Crippen LogP contribution >= 0.6 is 0 Å². The molecule has 0 saturated heterocycles. The quantitative estimate of drug-likeness (QED) is 0.665. The lowest BCUT2D eigenvalue weighted by Crippen LogP contribution is -2.35. The maximum atomic E-state index is 11.5. The van der Waals surface area contributed by atoms with Crippen molar-refractivity contribution in [3.8, 4) is 0 Å². The molecule has 0 aliphatic rings. The van der Waals surface area contributed by atoms with E-state index in [9.17, 15) is 4.79 Å². The van der Waals surface area contributed by atoms with Gasteiger partial charge in [0.05, 0.1) is 23.1 Å². The van der Waals surface area contributed by atoms with Gasteiger partial charge in [-0.1, -0.05) is 6.92 Å². The number of aryl methyl sites for hydroxylation is 2. The largest absolute Gasteiger partial charge is 0.322 e. The predicted octanol–water partition coefficient (Wildman–Crippen LogP) is 0.702. The number of anilines is 1. The molecule has 0 fully saturated rings. The molecule has 1 aromatic rings. The second-order valence-corrected chi connectivity index (χ2v) is 3.31. The summed E-state index contributed by atoms with van der Waals surface area (Å²) < 4.78 is 0. The molecule has 5 heteroatoms. The van der Waals surface area contributed by atoms with Gasteiger partial charge in [0, 0.05) is 0 Å². The summed E-state index contributed by atoms with van der Waals surface area (Å²) in [7, 11) is 0. The van der Waals surface area contributed by atoms with Gasteiger partial charge in [-0.2, -0.15) is 5.10 Å². The number of rotatable bonds is 3. The van der Waals surface area contributed by atoms with E-state index in [4.69, 9.17) is 5.73 Å². The molecule has 14 heavy (non-hydrogen) atoms. The van der Waals surface area contributed by atoms with E-state index in [1.165, 1.54) is 0 Å². The van der Waals surface area contributed by atoms with Crippen molar-refractivity contribution in [2.75, 3.05) is 5.32 Å². The zero-order chi connectivity index (χ0) is 10.7. The molecule has 1 rings (SSSR count). The molecule has 0 aliphatic carbocycles. The normalized spacial score (nSPS) is 12.6. The average Bonchev–Trinajstić information content (AvgIpc) is 2.48. The number of nitrogens with one attached hydrogen (secondary N) is 2. The van der Waals surface area contributed by atoms with E-state index in [1.54, 1.807) is 0 Å². The molecule has 1 aromatic heterocycles. The van der Waals surface area contributed by atoms with Crippen LogP contribution in [0.3, 0.4) is 0 Å². The molecule has 0 aromatic carbocycles. The van der Waals surface area contributed by atoms with Crippen molar-refractivity contribution in [1.29, 1.82) is 0 Å². The summed E-state index contributed by atoms with van der Waals surface area (Å²) in [5.74, 6) is -0.167. The van der Waals surface area contributed by atoms with Gasteiger partial charge in [-0.25, -0.2) is 0 Å². The number of amides is 1. The molecule has 78 valence electrons. The van der Waals surface area contributed by atoms with Gasteiger partial charge in [0.15, 0.2) is 0 Å². The fourth-order valence-corrected chi connectivity index (χ4v) is 1.14. The number of H-pyrrole nitrogens is 1. The van der Waals surface area contributed by atoms with Gasteiger partial charge in [0.25, 0.3) is 0 Å². The van der Waals surface area contributed by atoms with Crippen LogP contribution in [0, 0.1) is 13.8 Å². The Kier molecular flexibility index (Phi) is 3.24. The van der Waals surface area contributed by atoms with Gasteiger partial charge in [-0.05, 0) is 20.3 Å². The van der Waals surface area contributed by atoms with Gasteiger partial charge in [0.2, 0.25) is 5.91 Å². The van der Waals surface area contributed by atoms with E-state index in [2.05, 4.69) is 15.5 Å². The topological polar surface area (TPSA) is 83.8 Å². The van der Waals surface area contributed by atoms with Gasteiger partial charge in [0.1, 0.15) is 0 Å². The molecule has 4 N–H and O–H groups in total. The van der Waals surface area contributed by atoms with Crippen LogP contribution in [0.25, 0.3) is 0 Å². The van der Waals surface area contributed by atoms with Gasteiger partial charge >= 0.3 is 0 Å². The Morgan fingerprint density at radius 1 is 1.64 bits per heavy atom. The van der Waals surface area contributed by atoms with E-state index < -0.39 is 6.04 Å². The monoisotopic (exact) mass is 196 g/mol. The molecule has 0 spiro atoms. The first-order chi connectivity index (χ1) is 6.56. The van der Waals surface area contributed by atoms with Gasteiger partial charge in [-0.15, -0.1) is 0 Å². The predicted molar refractivity (Wildman–Crippen MR) is 55.0 cm³/mol. The molecule has 5 nitrogen and oxygen atoms in total. The third-order valence-electron chi connectivity index (χ3n) is 2.15. The lowest BCUT2D eigenvalue weighted by atomic mass is 10.2. The molecule has 0 radical (unpaired) electrons. The van der Waals surface area contributed by atoms with Crippen molar-refractivity contribution in [3.63, 3.8) is 0 Å². The Hall–Kier alpha value is -1.36. The maximum Gasteiger partial charge on any atom is 0.241 e. The Bertz CT molecular complexity index is 312. The first-order valence-corrected chi connectivity index (χ1v) is 4.64. The van der Waals surface area contributed by atoms with Gasteiger partial charge < -0.3 is 11.1 Å². The van der Waals surface area contributed by atoms with Crippen LogP contribution in [0.2, 0.25) is 0 Å². The molecule has 0 bridgehead atoms. The van der Waals surface area contributed by atoms with Crippen LogP contribution in [0.15, 0.2) is 0 Å². The van der Waals surface area contributed by atoms with E-state index in [0.29, 0.717) is 6.42 Å². The zero-order valence-corrected chi connectivity index (χ0v) is 8.72. The van der Waals surface area contributed by atoms with Crippen LogP contribution in [0.5, 0.6) is 0 Å². The fraction of sp³-hybridized carbons (Fsp3) is 0.556. The summed E-state index contributed by atoms with van der Waals surface area (Å²) in [6, 6.07) is -0.455. The number of nitrogens with zero attached hydrogens (tertiary/aromatic N) is 1. The van der Waals surface area contributed by atoms with E-state index >= 15 is 0 Å². The zero-order valence-electron chi connectivity index (χ0n) is 8.72. The van der Waals surface area contributed by atoms with Crippen molar-refractivity contribution >= 4 is 11.6 Å². The number of carbonyl (C=O) groups excluding carboxylic acids is 1. The highest BCUT2D eigenvalue weighted by Gasteiger charge is 2.14. The van der Waals surface area contributed by atoms with Crippen LogP contribution in [-0.4, -0.2) is 22.1 Å². The first kappa shape index (κ1) is 10.7. The van der Waals surface area contributed by atoms with Crippen molar-refractivity contribution in [3.05, 3.63) is 11.4 Å². The van der Waals surface area contributed by atoms with Crippen molar-refractivity contribution < 1.29 is 4.79 Å². The van der Waals surface area contributed by atoms with Crippen molar-refractivity contribution in [1.82, 2.24) is 10.2 Å². The highest BCUT2D eigenvalue weighted by atomic mass is 16.2. The van der Waals surface area contributed by atoms with Crippen LogP contribution in [0.1, 0.15) is 24.7 Å². The molecule has 1 atom stereocenters. The van der Waals surface area contributed by atoms with Crippen molar-refractivity contribution in [2.45, 2.75) is 33.2 Å². The lowest BCUT2D eigenvalue weighted by molar-refractivity contribution is -0.117. The highest BCUT2D eigenvalue weighted by Crippen LogP contribution is 2.15. The van der Waals surface area contributed by atoms with E-state index in [0.717, 1.165) is 17.1 Å². The summed E-state index contributed by atoms with van der Waals surface area (Å²) in [4.78, 5) is 11.5. The minimum Gasteiger partial charge on any atom is -0.322 e. The number of nitrogens with two attached hydrogens (primary N) is 1. The summed E-state index contributed by atoms with van der Waals surface area (Å²) in [5.41, 5.74) is 7.95. The second kappa shape index (κ2) is 4.23. The first-order valence-electron chi connectivity index (χ1n) is 4.64. The SMILES string of the molecule is CC[C@@H](N)C(=O)Nc1c(C)n[nH]c1C. The third-order valence-corrected chi connectivity index (χ3v) is 2.15. The van der Waals surface area contributed by atoms with E-state index in [1.807, 2.05) is 20.8 Å². The van der Waals surface area contributed by atoms with Crippen LogP contribution in [-0.2, 0) is 4.79 Å². The Labute approximate surface area is 83.1 Å². The summed E-state index contributed by atoms with van der Waals surface area (Å²) in [5, 5.41) is 9.52. The Morgan fingerprint density at radius 2 is 2.29 bits per heavy atom. The standard InChI is InChI=1S/C9H16N4O/c1-4-7(10)9(14)11-8-5(2)12-13-6(8)3/h7H,4,10H2,1-3H3,(H,11,14)(H,12,13)/t7-/m1/s1. The van der Waals surface area contributed by atoms with Crippen LogP contribution in [0.4, 0.5) is 5.69 Å². The molecule has 1 heterocycles. The molecule has 0 aliphatic heterocycles. The Morgan fingerprint density at radius 3 is 2.71 bits per heavy atom. The third kappa shape index (κ3) is 2.11. The highest BCUT2D eigenvalue weighted by molar-refractivity contribution is 5.95. The number of hydrogen-bond acceptors (Lipinski definition) is 3. The van der Waals surface area contributed by atoms with Gasteiger partial charge in [-0.3, -0.25) is 9.89 Å². The minimum absolute atomic E-state index is 0.167. The number of aromatic nitrogens is 2. The summed E-state index contributed by atoms with van der Waals surface area (Å²) in [6.45, 7) is 5.56. The number of aromatic amines is 1. The molecule has 0 saturated carbocycles. The van der Waals surface area contributed by atoms with Crippen molar-refractivity contribution in [2.24, 2.45) is 5.73 Å². The number of hydrogen-bond donors (Lipinski definition) is 3. The van der Waals surface area contributed by atoms with Crippen LogP contribution < -0.4 is 11.1 Å². The molecular weight excluding hydrogens is 180 g/mol. The molecular formula is C9H16N4O. The molecule has 0 unspecified atom stereocenters. The summed E-state index contributed by atoms with van der Waals surface area (Å²) in [6.07, 6.45) is 0.627. The minimum atomic E-state index is -0.455.